The van der Waals surface area contributed by atoms with Gasteiger partial charge in [0.15, 0.2) is 0 Å². The molecule has 2 heterocycles. The second kappa shape index (κ2) is 31.0. The van der Waals surface area contributed by atoms with Crippen LogP contribution in [0.4, 0.5) is 5.69 Å². The van der Waals surface area contributed by atoms with Gasteiger partial charge in [-0.25, -0.2) is 0 Å². The zero-order valence-corrected chi connectivity index (χ0v) is 33.7. The molecule has 3 rings (SSSR count). The predicted octanol–water partition coefficient (Wildman–Crippen LogP) is 4.55. The van der Waals surface area contributed by atoms with Crippen LogP contribution in [0.15, 0.2) is 18.2 Å². The van der Waals surface area contributed by atoms with E-state index in [4.69, 9.17) is 37.9 Å². The Kier molecular flexibility index (Phi) is 26.2. The lowest BCUT2D eigenvalue weighted by molar-refractivity contribution is -0.136. The third-order valence-electron chi connectivity index (χ3n) is 9.28. The van der Waals surface area contributed by atoms with Crippen molar-refractivity contribution in [2.75, 3.05) is 118 Å². The van der Waals surface area contributed by atoms with Gasteiger partial charge < -0.3 is 43.2 Å². The molecular formula is C41H67N3O12. The number of ether oxygens (including phenoxy) is 8. The quantitative estimate of drug-likeness (QED) is 0.0712. The Balaban J connectivity index is 1.00. The Morgan fingerprint density at radius 3 is 1.50 bits per heavy atom. The largest absolute Gasteiger partial charge is 0.382 e. The molecule has 56 heavy (non-hydrogen) atoms. The first-order chi connectivity index (χ1) is 27.5. The second-order valence-electron chi connectivity index (χ2n) is 13.7. The first-order valence-corrected chi connectivity index (χ1v) is 20.7. The highest BCUT2D eigenvalue weighted by Crippen LogP contribution is 2.32. The molecule has 4 amide bonds. The third kappa shape index (κ3) is 19.4. The summed E-state index contributed by atoms with van der Waals surface area (Å²) >= 11 is 0. The third-order valence-corrected chi connectivity index (χ3v) is 9.28. The monoisotopic (exact) mass is 793 g/mol. The summed E-state index contributed by atoms with van der Waals surface area (Å²) in [6, 6.07) is 3.93. The Morgan fingerprint density at radius 2 is 1.02 bits per heavy atom. The summed E-state index contributed by atoms with van der Waals surface area (Å²) in [7, 11) is 0. The highest BCUT2D eigenvalue weighted by molar-refractivity contribution is 6.25. The molecule has 1 aromatic rings. The van der Waals surface area contributed by atoms with Crippen LogP contribution in [0.3, 0.4) is 0 Å². The zero-order valence-electron chi connectivity index (χ0n) is 33.7. The van der Waals surface area contributed by atoms with E-state index in [1.54, 1.807) is 18.2 Å². The SMILES string of the molecule is CCCCCCCCCCCCOCCOCCOCCOCCOCCOCCOCCOCCNc1cccc2c1C(=O)N(C1CCC(=O)NC1=O)C2=O. The number of amides is 4. The van der Waals surface area contributed by atoms with Gasteiger partial charge in [-0.3, -0.25) is 29.4 Å². The lowest BCUT2D eigenvalue weighted by atomic mass is 10.0. The number of benzene rings is 1. The van der Waals surface area contributed by atoms with Crippen molar-refractivity contribution in [1.82, 2.24) is 10.2 Å². The Bertz CT molecular complexity index is 1250. The summed E-state index contributed by atoms with van der Waals surface area (Å²) in [4.78, 5) is 50.9. The molecule has 1 unspecified atom stereocenters. The minimum absolute atomic E-state index is 0.0700. The average Bonchev–Trinajstić information content (AvgIpc) is 3.45. The highest BCUT2D eigenvalue weighted by Gasteiger charge is 2.45. The van der Waals surface area contributed by atoms with E-state index in [-0.39, 0.29) is 24.0 Å². The standard InChI is InChI=1S/C41H67N3O12/c1-2-3-4-5-6-7-8-9-10-11-18-49-20-22-51-24-26-53-28-30-55-32-33-56-31-29-54-27-25-52-23-21-50-19-17-42-35-14-12-13-34-38(35)41(48)44(40(34)47)36-15-16-37(45)43-39(36)46/h12-14,36,42H,2-11,15-33H2,1H3,(H,43,45,46). The van der Waals surface area contributed by atoms with Gasteiger partial charge in [-0.1, -0.05) is 70.8 Å². The van der Waals surface area contributed by atoms with E-state index in [1.807, 2.05) is 0 Å². The number of unbranched alkanes of at least 4 members (excludes halogenated alkanes) is 9. The molecule has 2 N–H and O–H groups in total. The van der Waals surface area contributed by atoms with Crippen molar-refractivity contribution in [3.63, 3.8) is 0 Å². The van der Waals surface area contributed by atoms with Gasteiger partial charge in [0.2, 0.25) is 11.8 Å². The minimum atomic E-state index is -1.01. The fourth-order valence-corrected chi connectivity index (χ4v) is 6.25. The molecule has 15 nitrogen and oxygen atoms in total. The number of fused-ring (bicyclic) bond motifs is 1. The van der Waals surface area contributed by atoms with Crippen LogP contribution in [-0.4, -0.2) is 147 Å². The van der Waals surface area contributed by atoms with Gasteiger partial charge in [0.25, 0.3) is 11.8 Å². The molecule has 15 heteroatoms. The van der Waals surface area contributed by atoms with Crippen LogP contribution < -0.4 is 10.6 Å². The number of hydrogen-bond donors (Lipinski definition) is 2. The number of nitrogens with one attached hydrogen (secondary N) is 2. The number of hydrogen-bond acceptors (Lipinski definition) is 13. The molecule has 318 valence electrons. The zero-order chi connectivity index (χ0) is 39.9. The van der Waals surface area contributed by atoms with Gasteiger partial charge in [-0.2, -0.15) is 0 Å². The summed E-state index contributed by atoms with van der Waals surface area (Å²) in [6.45, 7) is 10.7. The Morgan fingerprint density at radius 1 is 0.571 bits per heavy atom. The van der Waals surface area contributed by atoms with Crippen LogP contribution >= 0.6 is 0 Å². The lowest BCUT2D eigenvalue weighted by Crippen LogP contribution is -2.54. The van der Waals surface area contributed by atoms with E-state index in [0.29, 0.717) is 111 Å². The molecule has 0 bridgehead atoms. The molecule has 1 aromatic carbocycles. The summed E-state index contributed by atoms with van der Waals surface area (Å²) < 4.78 is 44.4. The van der Waals surface area contributed by atoms with Gasteiger partial charge >= 0.3 is 0 Å². The molecule has 0 saturated carbocycles. The van der Waals surface area contributed by atoms with Crippen LogP contribution in [-0.2, 0) is 47.5 Å². The number of nitrogens with zero attached hydrogens (tertiary/aromatic N) is 1. The maximum absolute atomic E-state index is 13.2. The van der Waals surface area contributed by atoms with Crippen molar-refractivity contribution >= 4 is 29.3 Å². The van der Waals surface area contributed by atoms with Crippen LogP contribution in [0, 0.1) is 0 Å². The number of imide groups is 2. The molecule has 1 fully saturated rings. The van der Waals surface area contributed by atoms with E-state index in [9.17, 15) is 19.2 Å². The van der Waals surface area contributed by atoms with E-state index < -0.39 is 29.7 Å². The van der Waals surface area contributed by atoms with Gasteiger partial charge in [0.1, 0.15) is 6.04 Å². The smallest absolute Gasteiger partial charge is 0.264 e. The molecule has 1 saturated heterocycles. The van der Waals surface area contributed by atoms with Crippen LogP contribution in [0.25, 0.3) is 0 Å². The first kappa shape index (κ1) is 47.4. The number of carbonyl (C=O) groups excluding carboxylic acids is 4. The van der Waals surface area contributed by atoms with Crippen molar-refractivity contribution in [3.05, 3.63) is 29.3 Å². The molecule has 1 atom stereocenters. The topological polar surface area (TPSA) is 169 Å². The molecule has 2 aliphatic rings. The molecule has 0 aliphatic carbocycles. The molecule has 2 aliphatic heterocycles. The number of carbonyl (C=O) groups is 4. The lowest BCUT2D eigenvalue weighted by Gasteiger charge is -2.27. The van der Waals surface area contributed by atoms with Crippen molar-refractivity contribution in [3.8, 4) is 0 Å². The molecule has 0 aromatic heterocycles. The first-order valence-electron chi connectivity index (χ1n) is 20.7. The molecule has 0 spiro atoms. The predicted molar refractivity (Wildman–Crippen MR) is 210 cm³/mol. The summed E-state index contributed by atoms with van der Waals surface area (Å²) in [5.74, 6) is -2.15. The van der Waals surface area contributed by atoms with Crippen LogP contribution in [0.5, 0.6) is 0 Å². The Labute approximate surface area is 333 Å². The normalized spacial score (nSPS) is 15.5. The molecular weight excluding hydrogens is 726 g/mol. The van der Waals surface area contributed by atoms with E-state index in [2.05, 4.69) is 17.6 Å². The number of anilines is 1. The maximum Gasteiger partial charge on any atom is 0.264 e. The average molecular weight is 794 g/mol. The minimum Gasteiger partial charge on any atom is -0.382 e. The van der Waals surface area contributed by atoms with Gasteiger partial charge in [-0.05, 0) is 25.0 Å². The Hall–Kier alpha value is -3.02. The van der Waals surface area contributed by atoms with Gasteiger partial charge in [0, 0.05) is 25.3 Å². The van der Waals surface area contributed by atoms with Crippen molar-refractivity contribution in [1.29, 1.82) is 0 Å². The van der Waals surface area contributed by atoms with Crippen molar-refractivity contribution in [2.24, 2.45) is 0 Å². The maximum atomic E-state index is 13.2. The summed E-state index contributed by atoms with van der Waals surface area (Å²) in [6.07, 6.45) is 13.5. The fourth-order valence-electron chi connectivity index (χ4n) is 6.25. The fraction of sp³-hybridized carbons (Fsp3) is 0.756. The van der Waals surface area contributed by atoms with Gasteiger partial charge in [-0.15, -0.1) is 0 Å². The van der Waals surface area contributed by atoms with Crippen molar-refractivity contribution in [2.45, 2.75) is 90.0 Å². The van der Waals surface area contributed by atoms with Gasteiger partial charge in [0.05, 0.1) is 110 Å². The van der Waals surface area contributed by atoms with E-state index >= 15 is 0 Å². The summed E-state index contributed by atoms with van der Waals surface area (Å²) in [5, 5.41) is 5.34. The summed E-state index contributed by atoms with van der Waals surface area (Å²) in [5.41, 5.74) is 0.925. The highest BCUT2D eigenvalue weighted by atomic mass is 16.6. The number of piperidine rings is 1. The number of rotatable bonds is 37. The van der Waals surface area contributed by atoms with Crippen molar-refractivity contribution < 1.29 is 57.1 Å². The van der Waals surface area contributed by atoms with E-state index in [0.717, 1.165) is 17.9 Å². The second-order valence-corrected chi connectivity index (χ2v) is 13.7. The van der Waals surface area contributed by atoms with Crippen LogP contribution in [0.1, 0.15) is 105 Å². The van der Waals surface area contributed by atoms with E-state index in [1.165, 1.54) is 57.8 Å². The van der Waals surface area contributed by atoms with Crippen LogP contribution in [0.2, 0.25) is 0 Å². The molecule has 0 radical (unpaired) electrons.